The molecule has 6 rings (SSSR count). The van der Waals surface area contributed by atoms with Crippen LogP contribution in [0.4, 0.5) is 5.69 Å². The van der Waals surface area contributed by atoms with Gasteiger partial charge in [-0.1, -0.05) is 0 Å². The number of aliphatic hydroxyl groups is 3. The van der Waals surface area contributed by atoms with Gasteiger partial charge in [-0.05, 0) is 42.9 Å². The smallest absolute Gasteiger partial charge is 0.255 e. The van der Waals surface area contributed by atoms with Crippen molar-refractivity contribution in [3.8, 4) is 5.75 Å². The largest absolute Gasteiger partial charge is 0.508 e. The Balaban J connectivity index is 1.48. The highest BCUT2D eigenvalue weighted by molar-refractivity contribution is 6.24. The van der Waals surface area contributed by atoms with Crippen molar-refractivity contribution < 1.29 is 39.6 Å². The fourth-order valence-corrected chi connectivity index (χ4v) is 6.84. The van der Waals surface area contributed by atoms with Crippen LogP contribution in [0.15, 0.2) is 41.4 Å². The summed E-state index contributed by atoms with van der Waals surface area (Å²) in [6.07, 6.45) is 4.32. The molecule has 4 aliphatic rings. The molecule has 1 aromatic carbocycles. The Morgan fingerprint density at radius 2 is 1.98 bits per heavy atom. The number of aromatic hydroxyl groups is 1. The van der Waals surface area contributed by atoms with Crippen LogP contribution in [0.5, 0.6) is 5.75 Å². The number of hydrogen-bond acceptors (Lipinski definition) is 10. The number of phenolic OH excluding ortho intramolecular Hbond substituents is 1. The van der Waals surface area contributed by atoms with Gasteiger partial charge in [-0.2, -0.15) is 5.10 Å². The zero-order valence-corrected chi connectivity index (χ0v) is 22.1. The van der Waals surface area contributed by atoms with Crippen LogP contribution in [-0.4, -0.2) is 71.8 Å². The summed E-state index contributed by atoms with van der Waals surface area (Å²) in [6.45, 7) is 0.553. The second-order valence-electron chi connectivity index (χ2n) is 11.0. The highest BCUT2D eigenvalue weighted by Gasteiger charge is 2.63. The summed E-state index contributed by atoms with van der Waals surface area (Å²) < 4.78 is 1.55. The number of aliphatic hydroxyl groups excluding tert-OH is 2. The Hall–Kier alpha value is -4.49. The lowest BCUT2D eigenvalue weighted by Gasteiger charge is -2.49. The van der Waals surface area contributed by atoms with E-state index >= 15 is 0 Å². The van der Waals surface area contributed by atoms with Crippen LogP contribution in [0.3, 0.4) is 0 Å². The second kappa shape index (κ2) is 9.28. The molecule has 2 amide bonds. The summed E-state index contributed by atoms with van der Waals surface area (Å²) in [5.74, 6) is -7.43. The number of aromatic nitrogens is 2. The molecule has 1 aromatic heterocycles. The molecule has 13 nitrogen and oxygen atoms in total. The predicted molar refractivity (Wildman–Crippen MR) is 142 cm³/mol. The Morgan fingerprint density at radius 1 is 1.22 bits per heavy atom. The van der Waals surface area contributed by atoms with Gasteiger partial charge in [0.1, 0.15) is 22.8 Å². The van der Waals surface area contributed by atoms with Gasteiger partial charge in [0, 0.05) is 55.5 Å². The molecule has 4 atom stereocenters. The molecule has 13 heteroatoms. The zero-order chi connectivity index (χ0) is 29.4. The SMILES string of the molecule is Cn1cc(CN[C@H]2C(=O)C(C(N)=O)=C(O)[C@@]3(O)C(=O)C4=C(O)c5c(O)ccc(N6CCCC6=O)c5C[C@H]4C[C@@H]23)cn1. The van der Waals surface area contributed by atoms with Crippen LogP contribution in [0, 0.1) is 11.8 Å². The minimum Gasteiger partial charge on any atom is -0.508 e. The van der Waals surface area contributed by atoms with E-state index in [9.17, 15) is 39.6 Å². The molecular weight excluding hydrogens is 534 g/mol. The van der Waals surface area contributed by atoms with E-state index in [1.807, 2.05) is 0 Å². The van der Waals surface area contributed by atoms with Crippen LogP contribution in [0.2, 0.25) is 0 Å². The third kappa shape index (κ3) is 3.79. The fourth-order valence-electron chi connectivity index (χ4n) is 6.84. The van der Waals surface area contributed by atoms with Gasteiger partial charge in [-0.15, -0.1) is 0 Å². The number of Topliss-reactive ketones (excluding diaryl/α,β-unsaturated/α-hetero) is 2. The Labute approximate surface area is 233 Å². The molecule has 1 aliphatic heterocycles. The van der Waals surface area contributed by atoms with Crippen molar-refractivity contribution in [2.24, 2.45) is 24.6 Å². The molecule has 214 valence electrons. The van der Waals surface area contributed by atoms with E-state index in [1.54, 1.807) is 35.1 Å². The number of carbonyl (C=O) groups excluding carboxylic acids is 4. The predicted octanol–water partition coefficient (Wildman–Crippen LogP) is 0.0525. The maximum Gasteiger partial charge on any atom is 0.255 e. The first-order valence-electron chi connectivity index (χ1n) is 13.3. The maximum absolute atomic E-state index is 14.0. The summed E-state index contributed by atoms with van der Waals surface area (Å²) in [4.78, 5) is 53.9. The van der Waals surface area contributed by atoms with Gasteiger partial charge in [0.05, 0.1) is 17.8 Å². The minimum absolute atomic E-state index is 0.0411. The number of nitrogens with one attached hydrogen (secondary N) is 1. The molecule has 1 saturated carbocycles. The molecular formula is C28H29N5O8. The standard InChI is InChI=1S/C28H29N5O8/c1-32-11-12(10-31-32)9-30-22-15-8-13-7-14-16(33-6-2-3-18(33)35)4-5-17(34)20(14)23(36)19(13)25(38)28(15,41)26(39)21(24(22)37)27(29)40/h4-5,10-11,13,15,22,30,34,36,39,41H,2-3,6-9H2,1H3,(H2,29,40)/t13-,15-,22+,28-/m0/s1. The number of rotatable bonds is 5. The number of anilines is 1. The van der Waals surface area contributed by atoms with E-state index in [0.717, 1.165) is 0 Å². The number of carbonyl (C=O) groups is 4. The van der Waals surface area contributed by atoms with Crippen LogP contribution >= 0.6 is 0 Å². The number of fused-ring (bicyclic) bond motifs is 3. The number of nitrogens with two attached hydrogens (primary N) is 1. The van der Waals surface area contributed by atoms with E-state index in [4.69, 9.17) is 5.73 Å². The van der Waals surface area contributed by atoms with Crippen LogP contribution in [0.25, 0.3) is 5.76 Å². The Morgan fingerprint density at radius 3 is 2.61 bits per heavy atom. The third-order valence-electron chi connectivity index (χ3n) is 8.71. The summed E-state index contributed by atoms with van der Waals surface area (Å²) in [7, 11) is 1.71. The number of aryl methyl sites for hydroxylation is 1. The molecule has 0 unspecified atom stereocenters. The molecule has 2 aromatic rings. The molecule has 2 fully saturated rings. The van der Waals surface area contributed by atoms with Crippen molar-refractivity contribution in [1.29, 1.82) is 0 Å². The van der Waals surface area contributed by atoms with Gasteiger partial charge in [0.25, 0.3) is 5.91 Å². The normalized spacial score (nSPS) is 27.7. The van der Waals surface area contributed by atoms with Gasteiger partial charge in [-0.25, -0.2) is 0 Å². The Kier molecular flexibility index (Phi) is 6.05. The van der Waals surface area contributed by atoms with Crippen molar-refractivity contribution in [3.63, 3.8) is 0 Å². The zero-order valence-electron chi connectivity index (χ0n) is 22.1. The molecule has 3 aliphatic carbocycles. The average Bonchev–Trinajstić information content (AvgIpc) is 3.53. The van der Waals surface area contributed by atoms with E-state index in [2.05, 4.69) is 10.4 Å². The van der Waals surface area contributed by atoms with Crippen molar-refractivity contribution >= 4 is 34.8 Å². The van der Waals surface area contributed by atoms with Crippen LogP contribution < -0.4 is 16.0 Å². The van der Waals surface area contributed by atoms with Crippen molar-refractivity contribution in [2.45, 2.75) is 43.9 Å². The molecule has 0 spiro atoms. The number of hydrogen-bond donors (Lipinski definition) is 6. The first-order valence-corrected chi connectivity index (χ1v) is 13.3. The molecule has 0 bridgehead atoms. The van der Waals surface area contributed by atoms with E-state index in [0.29, 0.717) is 36.2 Å². The number of amides is 2. The number of phenols is 1. The number of nitrogens with zero attached hydrogens (tertiary/aromatic N) is 3. The lowest BCUT2D eigenvalue weighted by atomic mass is 9.57. The highest BCUT2D eigenvalue weighted by Crippen LogP contribution is 2.53. The van der Waals surface area contributed by atoms with E-state index in [-0.39, 0.29) is 42.2 Å². The maximum atomic E-state index is 14.0. The third-order valence-corrected chi connectivity index (χ3v) is 8.71. The number of ketones is 2. The first kappa shape index (κ1) is 26.7. The summed E-state index contributed by atoms with van der Waals surface area (Å²) >= 11 is 0. The van der Waals surface area contributed by atoms with Crippen molar-refractivity contribution in [3.05, 3.63) is 58.1 Å². The van der Waals surface area contributed by atoms with Crippen molar-refractivity contribution in [1.82, 2.24) is 15.1 Å². The average molecular weight is 564 g/mol. The van der Waals surface area contributed by atoms with Crippen LogP contribution in [0.1, 0.15) is 36.0 Å². The highest BCUT2D eigenvalue weighted by atomic mass is 16.3. The minimum atomic E-state index is -2.75. The fraction of sp³-hybridized carbons (Fsp3) is 0.393. The monoisotopic (exact) mass is 563 g/mol. The summed E-state index contributed by atoms with van der Waals surface area (Å²) in [6, 6.07) is 1.62. The lowest BCUT2D eigenvalue weighted by molar-refractivity contribution is -0.150. The van der Waals surface area contributed by atoms with E-state index in [1.165, 1.54) is 6.07 Å². The van der Waals surface area contributed by atoms with E-state index < -0.39 is 58.0 Å². The topological polar surface area (TPSA) is 208 Å². The second-order valence-corrected chi connectivity index (χ2v) is 11.0. The van der Waals surface area contributed by atoms with Gasteiger partial charge in [0.15, 0.2) is 11.4 Å². The van der Waals surface area contributed by atoms with Crippen molar-refractivity contribution in [2.75, 3.05) is 11.4 Å². The van der Waals surface area contributed by atoms with Crippen LogP contribution in [-0.2, 0) is 39.2 Å². The Bertz CT molecular complexity index is 1610. The number of benzene rings is 1. The first-order chi connectivity index (χ1) is 19.4. The lowest BCUT2D eigenvalue weighted by Crippen LogP contribution is -2.66. The molecule has 7 N–H and O–H groups in total. The summed E-state index contributed by atoms with van der Waals surface area (Å²) in [5, 5.41) is 52.0. The van der Waals surface area contributed by atoms with Gasteiger partial charge < -0.3 is 36.4 Å². The molecule has 41 heavy (non-hydrogen) atoms. The quantitative estimate of drug-likeness (QED) is 0.269. The molecule has 1 saturated heterocycles. The number of primary amides is 1. The van der Waals surface area contributed by atoms with Gasteiger partial charge in [0.2, 0.25) is 11.7 Å². The van der Waals surface area contributed by atoms with Gasteiger partial charge in [-0.3, -0.25) is 23.9 Å². The molecule has 2 heterocycles. The summed E-state index contributed by atoms with van der Waals surface area (Å²) in [5.41, 5.74) is 3.13. The molecule has 0 radical (unpaired) electrons. The van der Waals surface area contributed by atoms with Gasteiger partial charge >= 0.3 is 0 Å².